The summed E-state index contributed by atoms with van der Waals surface area (Å²) in [6.45, 7) is 4.64. The molecule has 0 aliphatic carbocycles. The van der Waals surface area contributed by atoms with Crippen molar-refractivity contribution in [1.29, 1.82) is 0 Å². The Bertz CT molecular complexity index is 840. The lowest BCUT2D eigenvalue weighted by atomic mass is 9.96. The zero-order valence-electron chi connectivity index (χ0n) is 16.7. The minimum Gasteiger partial charge on any atom is -0.484 e. The molecule has 4 rings (SSSR count). The molecule has 0 N–H and O–H groups in total. The lowest BCUT2D eigenvalue weighted by Gasteiger charge is -2.33. The van der Waals surface area contributed by atoms with Crippen LogP contribution in [0.15, 0.2) is 30.3 Å². The molecule has 6 heteroatoms. The van der Waals surface area contributed by atoms with Gasteiger partial charge in [-0.3, -0.25) is 4.79 Å². The molecule has 2 aliphatic rings. The molecule has 1 amide bonds. The molecule has 6 nitrogen and oxygen atoms in total. The first kappa shape index (κ1) is 18.7. The van der Waals surface area contributed by atoms with E-state index in [0.29, 0.717) is 6.54 Å². The van der Waals surface area contributed by atoms with Crippen LogP contribution in [0, 0.1) is 6.92 Å². The summed E-state index contributed by atoms with van der Waals surface area (Å²) >= 11 is 0. The first-order chi connectivity index (χ1) is 13.6. The van der Waals surface area contributed by atoms with Crippen LogP contribution in [0.3, 0.4) is 0 Å². The van der Waals surface area contributed by atoms with Crippen LogP contribution >= 0.6 is 0 Å². The number of hydrogen-bond donors (Lipinski definition) is 0. The average Bonchev–Trinajstić information content (AvgIpc) is 2.73. The van der Waals surface area contributed by atoms with Crippen LogP contribution in [0.5, 0.6) is 5.75 Å². The molecule has 0 radical (unpaired) electrons. The summed E-state index contributed by atoms with van der Waals surface area (Å²) in [7, 11) is 2.10. The molecule has 1 atom stereocenters. The number of piperidine rings is 1. The maximum absolute atomic E-state index is 12.7. The van der Waals surface area contributed by atoms with Gasteiger partial charge in [0.1, 0.15) is 17.4 Å². The first-order valence-corrected chi connectivity index (χ1v) is 10.2. The molecule has 2 aliphatic heterocycles. The van der Waals surface area contributed by atoms with Gasteiger partial charge in [0.05, 0.1) is 0 Å². The fourth-order valence-corrected chi connectivity index (χ4v) is 4.16. The highest BCUT2D eigenvalue weighted by atomic mass is 16.5. The predicted octanol–water partition coefficient (Wildman–Crippen LogP) is 2.95. The topological polar surface area (TPSA) is 58.6 Å². The number of carbonyl (C=O) groups is 1. The second-order valence-electron chi connectivity index (χ2n) is 7.78. The van der Waals surface area contributed by atoms with E-state index in [-0.39, 0.29) is 18.4 Å². The normalized spacial score (nSPS) is 19.3. The van der Waals surface area contributed by atoms with Crippen LogP contribution in [0.1, 0.15) is 42.3 Å². The van der Waals surface area contributed by atoms with Crippen LogP contribution < -0.4 is 9.64 Å². The second kappa shape index (κ2) is 8.17. The molecule has 2 aromatic rings. The summed E-state index contributed by atoms with van der Waals surface area (Å²) in [6.07, 6.45) is 4.19. The van der Waals surface area contributed by atoms with Gasteiger partial charge in [0, 0.05) is 43.9 Å². The SMILES string of the molecule is Cc1nc([C@H]2CCCN(C(=O)COc3ccccc3)C2)nc2c1CCCN2C. The zero-order valence-corrected chi connectivity index (χ0v) is 16.7. The Morgan fingerprint density at radius 2 is 2.00 bits per heavy atom. The summed E-state index contributed by atoms with van der Waals surface area (Å²) in [4.78, 5) is 26.5. The Labute approximate surface area is 166 Å². The molecule has 1 aromatic carbocycles. The minimum atomic E-state index is 0.0281. The number of fused-ring (bicyclic) bond motifs is 1. The summed E-state index contributed by atoms with van der Waals surface area (Å²) in [5.74, 6) is 2.89. The van der Waals surface area contributed by atoms with Gasteiger partial charge in [-0.05, 0) is 44.7 Å². The van der Waals surface area contributed by atoms with Crippen LogP contribution in [0.2, 0.25) is 0 Å². The number of aromatic nitrogens is 2. The number of anilines is 1. The number of carbonyl (C=O) groups excluding carboxylic acids is 1. The summed E-state index contributed by atoms with van der Waals surface area (Å²) in [5.41, 5.74) is 2.36. The summed E-state index contributed by atoms with van der Waals surface area (Å²) in [6, 6.07) is 9.48. The fourth-order valence-electron chi connectivity index (χ4n) is 4.16. The van der Waals surface area contributed by atoms with E-state index in [1.54, 1.807) is 0 Å². The minimum absolute atomic E-state index is 0.0281. The first-order valence-electron chi connectivity index (χ1n) is 10.2. The van der Waals surface area contributed by atoms with Crippen molar-refractivity contribution >= 4 is 11.7 Å². The van der Waals surface area contributed by atoms with Gasteiger partial charge >= 0.3 is 0 Å². The molecular formula is C22H28N4O2. The van der Waals surface area contributed by atoms with E-state index in [2.05, 4.69) is 18.9 Å². The van der Waals surface area contributed by atoms with Gasteiger partial charge in [0.15, 0.2) is 6.61 Å². The van der Waals surface area contributed by atoms with Gasteiger partial charge < -0.3 is 14.5 Å². The number of para-hydroxylation sites is 1. The van der Waals surface area contributed by atoms with E-state index < -0.39 is 0 Å². The molecule has 1 fully saturated rings. The maximum Gasteiger partial charge on any atom is 0.260 e. The van der Waals surface area contributed by atoms with Gasteiger partial charge in [-0.1, -0.05) is 18.2 Å². The van der Waals surface area contributed by atoms with Gasteiger partial charge in [0.25, 0.3) is 5.91 Å². The zero-order chi connectivity index (χ0) is 19.5. The molecule has 28 heavy (non-hydrogen) atoms. The molecule has 148 valence electrons. The standard InChI is InChI=1S/C22H28N4O2/c1-16-19-11-7-12-25(2)22(19)24-21(23-16)17-8-6-13-26(14-17)20(27)15-28-18-9-4-3-5-10-18/h3-5,9-10,17H,6-8,11-15H2,1-2H3/t17-/m0/s1. The number of hydrogen-bond acceptors (Lipinski definition) is 5. The van der Waals surface area contributed by atoms with Crippen LogP contribution in [-0.4, -0.2) is 54.1 Å². The number of ether oxygens (including phenoxy) is 1. The van der Waals surface area contributed by atoms with Crippen LogP contribution in [0.4, 0.5) is 5.82 Å². The van der Waals surface area contributed by atoms with E-state index in [1.165, 1.54) is 5.56 Å². The third-order valence-electron chi connectivity index (χ3n) is 5.74. The molecule has 1 saturated heterocycles. The lowest BCUT2D eigenvalue weighted by molar-refractivity contribution is -0.134. The van der Waals surface area contributed by atoms with Crippen molar-refractivity contribution < 1.29 is 9.53 Å². The van der Waals surface area contributed by atoms with Crippen LogP contribution in [-0.2, 0) is 11.2 Å². The number of likely N-dealkylation sites (tertiary alicyclic amines) is 1. The van der Waals surface area contributed by atoms with E-state index in [1.807, 2.05) is 35.2 Å². The molecule has 1 aromatic heterocycles. The van der Waals surface area contributed by atoms with Crippen molar-refractivity contribution in [2.75, 3.05) is 38.2 Å². The number of amides is 1. The monoisotopic (exact) mass is 380 g/mol. The van der Waals surface area contributed by atoms with Crippen molar-refractivity contribution in [2.45, 2.75) is 38.5 Å². The Balaban J connectivity index is 1.44. The van der Waals surface area contributed by atoms with Crippen molar-refractivity contribution in [3.63, 3.8) is 0 Å². The van der Waals surface area contributed by atoms with Crippen molar-refractivity contribution in [3.05, 3.63) is 47.4 Å². The molecule has 0 unspecified atom stereocenters. The Hall–Kier alpha value is -2.63. The molecule has 0 spiro atoms. The Kier molecular flexibility index (Phi) is 5.46. The largest absolute Gasteiger partial charge is 0.484 e. The van der Waals surface area contributed by atoms with Crippen molar-refractivity contribution in [3.8, 4) is 5.75 Å². The predicted molar refractivity (Wildman–Crippen MR) is 109 cm³/mol. The third-order valence-corrected chi connectivity index (χ3v) is 5.74. The van der Waals surface area contributed by atoms with E-state index in [9.17, 15) is 4.79 Å². The Morgan fingerprint density at radius 3 is 2.82 bits per heavy atom. The Morgan fingerprint density at radius 1 is 1.18 bits per heavy atom. The number of rotatable bonds is 4. The molecule has 0 bridgehead atoms. The molecule has 3 heterocycles. The highest BCUT2D eigenvalue weighted by Gasteiger charge is 2.29. The quantitative estimate of drug-likeness (QED) is 0.816. The second-order valence-corrected chi connectivity index (χ2v) is 7.78. The van der Waals surface area contributed by atoms with Crippen LogP contribution in [0.25, 0.3) is 0 Å². The van der Waals surface area contributed by atoms with E-state index in [4.69, 9.17) is 14.7 Å². The van der Waals surface area contributed by atoms with E-state index in [0.717, 1.165) is 61.9 Å². The number of benzene rings is 1. The fraction of sp³-hybridized carbons (Fsp3) is 0.500. The number of aryl methyl sites for hydroxylation is 1. The van der Waals surface area contributed by atoms with Crippen molar-refractivity contribution in [2.24, 2.45) is 0 Å². The van der Waals surface area contributed by atoms with E-state index >= 15 is 0 Å². The maximum atomic E-state index is 12.7. The smallest absolute Gasteiger partial charge is 0.260 e. The van der Waals surface area contributed by atoms with Gasteiger partial charge in [-0.2, -0.15) is 0 Å². The lowest BCUT2D eigenvalue weighted by Crippen LogP contribution is -2.42. The molecule has 0 saturated carbocycles. The average molecular weight is 380 g/mol. The number of nitrogens with zero attached hydrogens (tertiary/aromatic N) is 4. The van der Waals surface area contributed by atoms with Gasteiger partial charge in [-0.15, -0.1) is 0 Å². The van der Waals surface area contributed by atoms with Crippen molar-refractivity contribution in [1.82, 2.24) is 14.9 Å². The van der Waals surface area contributed by atoms with Gasteiger partial charge in [-0.25, -0.2) is 9.97 Å². The third kappa shape index (κ3) is 3.96. The molecular weight excluding hydrogens is 352 g/mol. The highest BCUT2D eigenvalue weighted by molar-refractivity contribution is 5.78. The highest BCUT2D eigenvalue weighted by Crippen LogP contribution is 2.31. The summed E-state index contributed by atoms with van der Waals surface area (Å²) < 4.78 is 5.64. The van der Waals surface area contributed by atoms with Gasteiger partial charge in [0.2, 0.25) is 0 Å². The summed E-state index contributed by atoms with van der Waals surface area (Å²) in [5, 5.41) is 0.